The molecular weight excluding hydrogens is 297 g/mol. The highest BCUT2D eigenvalue weighted by Gasteiger charge is 2.22. The van der Waals surface area contributed by atoms with Crippen LogP contribution in [0.2, 0.25) is 0 Å². The van der Waals surface area contributed by atoms with Crippen LogP contribution in [0, 0.1) is 11.7 Å². The predicted octanol–water partition coefficient (Wildman–Crippen LogP) is 2.00. The summed E-state index contributed by atoms with van der Waals surface area (Å²) in [4.78, 5) is 13.6. The number of nitrogens with zero attached hydrogens (tertiary/aromatic N) is 1. The zero-order valence-electron chi connectivity index (χ0n) is 13.2. The van der Waals surface area contributed by atoms with E-state index < -0.39 is 0 Å². The predicted molar refractivity (Wildman–Crippen MR) is 86.8 cm³/mol. The highest BCUT2D eigenvalue weighted by atomic mass is 19.1. The lowest BCUT2D eigenvalue weighted by Crippen LogP contribution is -2.37. The Labute approximate surface area is 135 Å². The lowest BCUT2D eigenvalue weighted by atomic mass is 10.1. The van der Waals surface area contributed by atoms with Crippen molar-refractivity contribution in [3.8, 4) is 0 Å². The first-order chi connectivity index (χ1) is 11.1. The van der Waals surface area contributed by atoms with Crippen LogP contribution in [0.5, 0.6) is 0 Å². The number of aliphatic hydroxyl groups is 1. The molecule has 0 radical (unpaired) electrons. The Bertz CT molecular complexity index is 555. The van der Waals surface area contributed by atoms with Gasteiger partial charge in [-0.1, -0.05) is 6.07 Å². The van der Waals surface area contributed by atoms with Crippen LogP contribution < -0.4 is 15.5 Å². The van der Waals surface area contributed by atoms with Gasteiger partial charge in [0.2, 0.25) is 0 Å². The Hall–Kier alpha value is -1.82. The summed E-state index contributed by atoms with van der Waals surface area (Å²) in [6, 6.07) is 4.87. The summed E-state index contributed by atoms with van der Waals surface area (Å²) in [5.41, 5.74) is 1.31. The Kier molecular flexibility index (Phi) is 5.00. The summed E-state index contributed by atoms with van der Waals surface area (Å²) in [5.74, 6) is 0.361. The van der Waals surface area contributed by atoms with Gasteiger partial charge in [0.1, 0.15) is 5.82 Å². The molecule has 6 heteroatoms. The van der Waals surface area contributed by atoms with Crippen LogP contribution in [0.25, 0.3) is 0 Å². The molecule has 2 amide bonds. The Morgan fingerprint density at radius 1 is 1.22 bits per heavy atom. The average Bonchev–Trinajstić information content (AvgIpc) is 3.36. The zero-order chi connectivity index (χ0) is 16.2. The van der Waals surface area contributed by atoms with Gasteiger partial charge in [0.25, 0.3) is 0 Å². The fourth-order valence-electron chi connectivity index (χ4n) is 2.83. The molecule has 3 N–H and O–H groups in total. The van der Waals surface area contributed by atoms with Gasteiger partial charge in [-0.3, -0.25) is 0 Å². The van der Waals surface area contributed by atoms with Crippen molar-refractivity contribution >= 4 is 11.7 Å². The van der Waals surface area contributed by atoms with Gasteiger partial charge in [-0.15, -0.1) is 0 Å². The maximum Gasteiger partial charge on any atom is 0.315 e. The molecular formula is C17H24FN3O2. The van der Waals surface area contributed by atoms with E-state index in [9.17, 15) is 14.3 Å². The monoisotopic (exact) mass is 321 g/mol. The van der Waals surface area contributed by atoms with Crippen LogP contribution in [-0.2, 0) is 6.54 Å². The number of aliphatic hydroxyl groups excluding tert-OH is 1. The maximum atomic E-state index is 14.3. The van der Waals surface area contributed by atoms with E-state index in [1.165, 1.54) is 18.9 Å². The minimum absolute atomic E-state index is 0.202. The SMILES string of the molecule is O=C(NCc1ccc(N2CCC(O)CC2)c(F)c1)NCC1CC1. The molecule has 3 rings (SSSR count). The number of rotatable bonds is 5. The number of hydrogen-bond donors (Lipinski definition) is 3. The molecule has 126 valence electrons. The molecule has 2 aliphatic rings. The van der Waals surface area contributed by atoms with Crippen molar-refractivity contribution in [1.29, 1.82) is 0 Å². The van der Waals surface area contributed by atoms with Crippen LogP contribution in [0.3, 0.4) is 0 Å². The van der Waals surface area contributed by atoms with Crippen molar-refractivity contribution in [2.24, 2.45) is 5.92 Å². The number of carbonyl (C=O) groups excluding carboxylic acids is 1. The molecule has 1 aromatic carbocycles. The molecule has 1 aliphatic carbocycles. The van der Waals surface area contributed by atoms with Gasteiger partial charge >= 0.3 is 6.03 Å². The Morgan fingerprint density at radius 2 is 1.96 bits per heavy atom. The number of urea groups is 1. The second-order valence-electron chi connectivity index (χ2n) is 6.51. The van der Waals surface area contributed by atoms with Crippen molar-refractivity contribution in [2.75, 3.05) is 24.5 Å². The van der Waals surface area contributed by atoms with Crippen LogP contribution >= 0.6 is 0 Å². The number of hydrogen-bond acceptors (Lipinski definition) is 3. The van der Waals surface area contributed by atoms with Gasteiger partial charge in [0, 0.05) is 26.2 Å². The van der Waals surface area contributed by atoms with Crippen LogP contribution in [0.4, 0.5) is 14.9 Å². The van der Waals surface area contributed by atoms with E-state index >= 15 is 0 Å². The van der Waals surface area contributed by atoms with Crippen LogP contribution in [-0.4, -0.2) is 36.9 Å². The average molecular weight is 321 g/mol. The number of piperidine rings is 1. The molecule has 23 heavy (non-hydrogen) atoms. The van der Waals surface area contributed by atoms with Crippen molar-refractivity contribution in [3.05, 3.63) is 29.6 Å². The third-order valence-corrected chi connectivity index (χ3v) is 4.52. The van der Waals surface area contributed by atoms with Crippen molar-refractivity contribution in [1.82, 2.24) is 10.6 Å². The van der Waals surface area contributed by atoms with Crippen molar-refractivity contribution in [3.63, 3.8) is 0 Å². The summed E-state index contributed by atoms with van der Waals surface area (Å²) in [6.07, 6.45) is 3.46. The molecule has 2 fully saturated rings. The van der Waals surface area contributed by atoms with E-state index in [2.05, 4.69) is 10.6 Å². The van der Waals surface area contributed by atoms with Gasteiger partial charge in [-0.05, 0) is 49.3 Å². The quantitative estimate of drug-likeness (QED) is 0.777. The van der Waals surface area contributed by atoms with Crippen LogP contribution in [0.15, 0.2) is 18.2 Å². The first-order valence-corrected chi connectivity index (χ1v) is 8.35. The molecule has 1 heterocycles. The molecule has 1 saturated heterocycles. The van der Waals surface area contributed by atoms with Crippen LogP contribution in [0.1, 0.15) is 31.2 Å². The molecule has 0 aromatic heterocycles. The first kappa shape index (κ1) is 16.1. The number of carbonyl (C=O) groups is 1. The number of benzene rings is 1. The summed E-state index contributed by atoms with van der Waals surface area (Å²) in [5, 5.41) is 15.1. The second kappa shape index (κ2) is 7.17. The zero-order valence-corrected chi connectivity index (χ0v) is 13.2. The Balaban J connectivity index is 1.50. The highest BCUT2D eigenvalue weighted by molar-refractivity contribution is 5.73. The van der Waals surface area contributed by atoms with E-state index in [1.54, 1.807) is 6.07 Å². The minimum atomic E-state index is -0.279. The summed E-state index contributed by atoms with van der Waals surface area (Å²) in [6.45, 7) is 2.37. The van der Waals surface area contributed by atoms with Gasteiger partial charge in [0.15, 0.2) is 0 Å². The van der Waals surface area contributed by atoms with Gasteiger partial charge in [-0.25, -0.2) is 9.18 Å². The van der Waals surface area contributed by atoms with Gasteiger partial charge < -0.3 is 20.6 Å². The highest BCUT2D eigenvalue weighted by Crippen LogP contribution is 2.27. The number of halogens is 1. The molecule has 0 atom stereocenters. The second-order valence-corrected chi connectivity index (χ2v) is 6.51. The minimum Gasteiger partial charge on any atom is -0.393 e. The molecule has 1 aromatic rings. The lowest BCUT2D eigenvalue weighted by Gasteiger charge is -2.31. The molecule has 0 unspecified atom stereocenters. The van der Waals surface area contributed by atoms with Crippen molar-refractivity contribution in [2.45, 2.75) is 38.3 Å². The van der Waals surface area contributed by atoms with Crippen molar-refractivity contribution < 1.29 is 14.3 Å². The number of nitrogens with one attached hydrogen (secondary N) is 2. The van der Waals surface area contributed by atoms with E-state index in [4.69, 9.17) is 0 Å². The fraction of sp³-hybridized carbons (Fsp3) is 0.588. The van der Waals surface area contributed by atoms with Gasteiger partial charge in [-0.2, -0.15) is 0 Å². The third kappa shape index (κ3) is 4.58. The molecule has 5 nitrogen and oxygen atoms in total. The topological polar surface area (TPSA) is 64.6 Å². The molecule has 0 spiro atoms. The Morgan fingerprint density at radius 3 is 2.61 bits per heavy atom. The van der Waals surface area contributed by atoms with Gasteiger partial charge in [0.05, 0.1) is 11.8 Å². The van der Waals surface area contributed by atoms with E-state index in [-0.39, 0.29) is 18.0 Å². The molecule has 1 saturated carbocycles. The summed E-state index contributed by atoms with van der Waals surface area (Å²) < 4.78 is 14.3. The first-order valence-electron chi connectivity index (χ1n) is 8.35. The largest absolute Gasteiger partial charge is 0.393 e. The summed E-state index contributed by atoms with van der Waals surface area (Å²) >= 11 is 0. The normalized spacial score (nSPS) is 18.8. The third-order valence-electron chi connectivity index (χ3n) is 4.52. The molecule has 0 bridgehead atoms. The maximum absolute atomic E-state index is 14.3. The molecule has 1 aliphatic heterocycles. The number of anilines is 1. The smallest absolute Gasteiger partial charge is 0.315 e. The number of amides is 2. The lowest BCUT2D eigenvalue weighted by molar-refractivity contribution is 0.145. The summed E-state index contributed by atoms with van der Waals surface area (Å²) in [7, 11) is 0. The standard InChI is InChI=1S/C17H24FN3O2/c18-15-9-13(11-20-17(23)19-10-12-1-2-12)3-4-16(15)21-7-5-14(22)6-8-21/h3-4,9,12,14,22H,1-2,5-8,10-11H2,(H2,19,20,23). The van der Waals surface area contributed by atoms with E-state index in [0.29, 0.717) is 44.1 Å². The fourth-order valence-corrected chi connectivity index (χ4v) is 2.83. The van der Waals surface area contributed by atoms with E-state index in [1.807, 2.05) is 11.0 Å². The van der Waals surface area contributed by atoms with E-state index in [0.717, 1.165) is 12.1 Å².